The zero-order chi connectivity index (χ0) is 9.07. The van der Waals surface area contributed by atoms with Gasteiger partial charge >= 0.3 is 0 Å². The fourth-order valence-electron chi connectivity index (χ4n) is 0.335. The highest BCUT2D eigenvalue weighted by molar-refractivity contribution is 4.30. The van der Waals surface area contributed by atoms with Gasteiger partial charge in [-0.25, -0.2) is 0 Å². The molecule has 0 fully saturated rings. The van der Waals surface area contributed by atoms with E-state index in [1.165, 1.54) is 7.05 Å². The first-order chi connectivity index (χ1) is 4.81. The molecule has 0 aromatic heterocycles. The van der Waals surface area contributed by atoms with Crippen molar-refractivity contribution in [2.24, 2.45) is 11.7 Å². The van der Waals surface area contributed by atoms with E-state index in [0.717, 1.165) is 0 Å². The Bertz CT molecular complexity index is 112. The van der Waals surface area contributed by atoms with E-state index in [9.17, 15) is 5.21 Å². The van der Waals surface area contributed by atoms with E-state index >= 15 is 0 Å². The highest BCUT2D eigenvalue weighted by Gasteiger charge is 2.13. The van der Waals surface area contributed by atoms with Gasteiger partial charge in [0.2, 0.25) is 0 Å². The zero-order valence-electron chi connectivity index (χ0n) is 6.85. The molecule has 0 saturated carbocycles. The smallest absolute Gasteiger partial charge is 0.140 e. The predicted octanol–water partition coefficient (Wildman–Crippen LogP) is -0.833. The Morgan fingerprint density at radius 1 is 1.45 bits per heavy atom. The van der Waals surface area contributed by atoms with Crippen LogP contribution in [-0.2, 0) is 9.78 Å². The van der Waals surface area contributed by atoms with Crippen LogP contribution in [0.25, 0.3) is 0 Å². The lowest BCUT2D eigenvalue weighted by molar-refractivity contribution is -1.14. The maximum absolute atomic E-state index is 10.6. The molecule has 0 aliphatic carbocycles. The second kappa shape index (κ2) is 3.93. The Balaban J connectivity index is 3.61. The van der Waals surface area contributed by atoms with Gasteiger partial charge in [0.25, 0.3) is 0 Å². The number of hydrogen-bond acceptors (Lipinski definition) is 6. The quantitative estimate of drug-likeness (QED) is 0.321. The Labute approximate surface area is 65.0 Å². The molecule has 0 rings (SSSR count). The van der Waals surface area contributed by atoms with Gasteiger partial charge in [0.1, 0.15) is 7.05 Å². The van der Waals surface area contributed by atoms with Crippen molar-refractivity contribution in [2.45, 2.75) is 20.0 Å². The number of quaternary nitrogens is 1. The Kier molecular flexibility index (Phi) is 3.83. The van der Waals surface area contributed by atoms with Crippen LogP contribution in [0.1, 0.15) is 13.8 Å². The summed E-state index contributed by atoms with van der Waals surface area (Å²) < 4.78 is 0. The molecule has 0 unspecified atom stereocenters. The number of hydroxylamine groups is 1. The lowest BCUT2D eigenvalue weighted by Crippen LogP contribution is -2.59. The summed E-state index contributed by atoms with van der Waals surface area (Å²) in [6.45, 7) is 3.34. The molecule has 0 amide bonds. The van der Waals surface area contributed by atoms with Gasteiger partial charge in [0.05, 0.1) is 6.10 Å². The van der Waals surface area contributed by atoms with Gasteiger partial charge in [-0.15, -0.1) is 11.7 Å². The van der Waals surface area contributed by atoms with Crippen LogP contribution in [0.4, 0.5) is 0 Å². The fourth-order valence-corrected chi connectivity index (χ4v) is 0.335. The van der Waals surface area contributed by atoms with Crippen LogP contribution in [0.2, 0.25) is 0 Å². The standard InChI is InChI=1S/C4H14N4O3/c1-4(2)10-7(9)11-8(3,5)6/h4H,5-6H2,1-3H3. The molecule has 4 N–H and O–H groups in total. The van der Waals surface area contributed by atoms with Gasteiger partial charge in [0, 0.05) is 0 Å². The molecule has 0 aromatic rings. The summed E-state index contributed by atoms with van der Waals surface area (Å²) in [6, 6.07) is 0. The van der Waals surface area contributed by atoms with E-state index in [0.29, 0.717) is 0 Å². The van der Waals surface area contributed by atoms with Crippen LogP contribution in [0, 0.1) is 5.21 Å². The molecule has 0 aliphatic heterocycles. The van der Waals surface area contributed by atoms with Crippen molar-refractivity contribution >= 4 is 0 Å². The Hall–Kier alpha value is -0.280. The van der Waals surface area contributed by atoms with Crippen molar-refractivity contribution in [1.82, 2.24) is 5.39 Å². The highest BCUT2D eigenvalue weighted by Crippen LogP contribution is 1.97. The average molecular weight is 166 g/mol. The summed E-state index contributed by atoms with van der Waals surface area (Å²) in [4.78, 5) is 7.88. The monoisotopic (exact) mass is 166 g/mol. The second-order valence-corrected chi connectivity index (χ2v) is 2.52. The molecule has 0 radical (unpaired) electrons. The van der Waals surface area contributed by atoms with E-state index in [1.807, 2.05) is 0 Å². The third-order valence-corrected chi connectivity index (χ3v) is 0.539. The third kappa shape index (κ3) is 7.62. The third-order valence-electron chi connectivity index (χ3n) is 0.539. The minimum Gasteiger partial charge on any atom is -0.733 e. The summed E-state index contributed by atoms with van der Waals surface area (Å²) in [5, 5.41) is 10.4. The second-order valence-electron chi connectivity index (χ2n) is 2.52. The predicted molar refractivity (Wildman–Crippen MR) is 37.1 cm³/mol. The van der Waals surface area contributed by atoms with Crippen molar-refractivity contribution in [3.63, 3.8) is 0 Å². The summed E-state index contributed by atoms with van der Waals surface area (Å²) in [7, 11) is 1.27. The van der Waals surface area contributed by atoms with Crippen molar-refractivity contribution in [3.05, 3.63) is 5.21 Å². The molecule has 68 valence electrons. The first-order valence-corrected chi connectivity index (χ1v) is 3.08. The van der Waals surface area contributed by atoms with Crippen LogP contribution in [0.3, 0.4) is 0 Å². The van der Waals surface area contributed by atoms with E-state index in [4.69, 9.17) is 11.7 Å². The molecule has 11 heavy (non-hydrogen) atoms. The van der Waals surface area contributed by atoms with Gasteiger partial charge < -0.3 is 5.21 Å². The lowest BCUT2D eigenvalue weighted by atomic mass is 10.5. The molecule has 0 saturated heterocycles. The Morgan fingerprint density at radius 2 is 1.91 bits per heavy atom. The van der Waals surface area contributed by atoms with Crippen molar-refractivity contribution in [3.8, 4) is 0 Å². The molecular formula is C4H14N4O3. The largest absolute Gasteiger partial charge is 0.733 e. The molecule has 0 bridgehead atoms. The van der Waals surface area contributed by atoms with Gasteiger partial charge in [-0.1, -0.05) is 10.3 Å². The fraction of sp³-hybridized carbons (Fsp3) is 1.00. The highest BCUT2D eigenvalue weighted by atomic mass is 17.2. The number of nitrogens with zero attached hydrogens (tertiary/aromatic N) is 2. The molecule has 0 heterocycles. The van der Waals surface area contributed by atoms with E-state index in [1.54, 1.807) is 13.8 Å². The van der Waals surface area contributed by atoms with Crippen LogP contribution < -0.4 is 11.7 Å². The van der Waals surface area contributed by atoms with Crippen LogP contribution in [0.15, 0.2) is 0 Å². The molecule has 0 aromatic carbocycles. The van der Waals surface area contributed by atoms with E-state index < -0.39 is 4.86 Å². The maximum atomic E-state index is 10.6. The summed E-state index contributed by atoms with van der Waals surface area (Å²) >= 11 is 0. The molecule has 0 aliphatic rings. The number of nitrogens with two attached hydrogens (primary N) is 2. The summed E-state index contributed by atoms with van der Waals surface area (Å²) in [6.07, 6.45) is -0.279. The number of hydrogen-bond donors (Lipinski definition) is 2. The SMILES string of the molecule is CC(C)ON([O-])O[N+](C)(N)N. The molecule has 0 spiro atoms. The Morgan fingerprint density at radius 3 is 2.18 bits per heavy atom. The summed E-state index contributed by atoms with van der Waals surface area (Å²) in [5.74, 6) is 10.2. The maximum Gasteiger partial charge on any atom is 0.140 e. The lowest BCUT2D eigenvalue weighted by Gasteiger charge is -2.29. The molecule has 0 atom stereocenters. The van der Waals surface area contributed by atoms with Crippen molar-refractivity contribution in [1.29, 1.82) is 0 Å². The van der Waals surface area contributed by atoms with Crippen LogP contribution in [0.5, 0.6) is 0 Å². The minimum absolute atomic E-state index is 0.120. The minimum atomic E-state index is -0.920. The van der Waals surface area contributed by atoms with E-state index in [2.05, 4.69) is 9.78 Å². The van der Waals surface area contributed by atoms with Crippen LogP contribution >= 0.6 is 0 Å². The van der Waals surface area contributed by atoms with Gasteiger partial charge in [-0.05, 0) is 18.7 Å². The molecule has 7 heteroatoms. The van der Waals surface area contributed by atoms with Gasteiger partial charge in [-0.3, -0.25) is 4.84 Å². The van der Waals surface area contributed by atoms with Crippen molar-refractivity contribution < 1.29 is 14.6 Å². The summed E-state index contributed by atoms with van der Waals surface area (Å²) in [5.41, 5.74) is 0. The van der Waals surface area contributed by atoms with Crippen molar-refractivity contribution in [2.75, 3.05) is 7.05 Å². The number of rotatable bonds is 4. The first kappa shape index (κ1) is 10.7. The normalized spacial score (nSPS) is 13.1. The van der Waals surface area contributed by atoms with Gasteiger partial charge in [0.15, 0.2) is 0 Å². The topological polar surface area (TPSA) is 96.8 Å². The van der Waals surface area contributed by atoms with Crippen LogP contribution in [-0.4, -0.2) is 23.4 Å². The first-order valence-electron chi connectivity index (χ1n) is 3.08. The van der Waals surface area contributed by atoms with Gasteiger partial charge in [-0.2, -0.15) is 0 Å². The molecular weight excluding hydrogens is 152 g/mol. The van der Waals surface area contributed by atoms with E-state index in [-0.39, 0.29) is 11.5 Å². The zero-order valence-corrected chi connectivity index (χ0v) is 6.85. The average Bonchev–Trinajstić information content (AvgIpc) is 1.53. The molecule has 7 nitrogen and oxygen atoms in total.